The van der Waals surface area contributed by atoms with Crippen LogP contribution < -0.4 is 5.73 Å². The number of ether oxygens (including phenoxy) is 1. The van der Waals surface area contributed by atoms with Gasteiger partial charge in [-0.1, -0.05) is 42.5 Å². The lowest BCUT2D eigenvalue weighted by atomic mass is 10.1. The second kappa shape index (κ2) is 10.5. The minimum atomic E-state index is 0.0578. The number of hydrogen-bond acceptors (Lipinski definition) is 4. The summed E-state index contributed by atoms with van der Waals surface area (Å²) in [6.45, 7) is 8.84. The van der Waals surface area contributed by atoms with Gasteiger partial charge in [0.1, 0.15) is 0 Å². The Morgan fingerprint density at radius 2 is 1.69 bits per heavy atom. The number of amides is 1. The van der Waals surface area contributed by atoms with Gasteiger partial charge in [-0.25, -0.2) is 0 Å². The molecule has 1 amide bonds. The molecule has 0 aliphatic carbocycles. The molecule has 0 aromatic heterocycles. The average molecular weight is 396 g/mol. The Morgan fingerprint density at radius 3 is 2.31 bits per heavy atom. The monoisotopic (exact) mass is 395 g/mol. The summed E-state index contributed by atoms with van der Waals surface area (Å²) in [6.07, 6.45) is 1.31. The fourth-order valence-corrected chi connectivity index (χ4v) is 3.95. The largest absolute Gasteiger partial charge is 0.373 e. The quantitative estimate of drug-likeness (QED) is 0.745. The molecular formula is C24H33N3O2. The molecule has 0 saturated carbocycles. The van der Waals surface area contributed by atoms with E-state index in [1.165, 1.54) is 5.56 Å². The summed E-state index contributed by atoms with van der Waals surface area (Å²) in [4.78, 5) is 17.4. The highest BCUT2D eigenvalue weighted by Gasteiger charge is 2.22. The van der Waals surface area contributed by atoms with Gasteiger partial charge in [0.2, 0.25) is 0 Å². The number of hydrogen-bond donors (Lipinski definition) is 1. The topological polar surface area (TPSA) is 58.8 Å². The number of carbonyl (C=O) groups excluding carboxylic acids is 1. The molecule has 29 heavy (non-hydrogen) atoms. The van der Waals surface area contributed by atoms with Crippen molar-refractivity contribution in [2.24, 2.45) is 5.73 Å². The Labute approximate surface area is 174 Å². The van der Waals surface area contributed by atoms with Crippen LogP contribution in [-0.4, -0.2) is 54.1 Å². The van der Waals surface area contributed by atoms with E-state index in [0.29, 0.717) is 19.6 Å². The third-order valence-electron chi connectivity index (χ3n) is 5.24. The van der Waals surface area contributed by atoms with Gasteiger partial charge in [0.05, 0.1) is 12.2 Å². The predicted octanol–water partition coefficient (Wildman–Crippen LogP) is 3.29. The van der Waals surface area contributed by atoms with Crippen LogP contribution in [0, 0.1) is 0 Å². The van der Waals surface area contributed by atoms with Crippen LogP contribution in [0.25, 0.3) is 0 Å². The lowest BCUT2D eigenvalue weighted by Crippen LogP contribution is -2.44. The molecule has 0 radical (unpaired) electrons. The van der Waals surface area contributed by atoms with Gasteiger partial charge in [-0.15, -0.1) is 0 Å². The molecule has 0 bridgehead atoms. The van der Waals surface area contributed by atoms with Crippen molar-refractivity contribution in [2.75, 3.05) is 26.2 Å². The van der Waals surface area contributed by atoms with Crippen molar-refractivity contribution in [1.82, 2.24) is 9.80 Å². The minimum absolute atomic E-state index is 0.0578. The Hall–Kier alpha value is -2.21. The Bertz CT molecular complexity index is 753. The molecule has 1 fully saturated rings. The van der Waals surface area contributed by atoms with E-state index in [-0.39, 0.29) is 18.1 Å². The molecule has 2 atom stereocenters. The zero-order chi connectivity index (χ0) is 20.6. The van der Waals surface area contributed by atoms with Crippen LogP contribution in [0.3, 0.4) is 0 Å². The fraction of sp³-hybridized carbons (Fsp3) is 0.458. The van der Waals surface area contributed by atoms with E-state index in [1.807, 2.05) is 35.2 Å². The normalized spacial score (nSPS) is 19.8. The molecule has 1 aliphatic rings. The molecule has 5 heteroatoms. The average Bonchev–Trinajstić information content (AvgIpc) is 2.71. The zero-order valence-electron chi connectivity index (χ0n) is 17.6. The Morgan fingerprint density at radius 1 is 1.03 bits per heavy atom. The van der Waals surface area contributed by atoms with E-state index in [4.69, 9.17) is 10.5 Å². The highest BCUT2D eigenvalue weighted by molar-refractivity contribution is 5.94. The van der Waals surface area contributed by atoms with Crippen molar-refractivity contribution < 1.29 is 9.53 Å². The van der Waals surface area contributed by atoms with Gasteiger partial charge < -0.3 is 15.4 Å². The molecule has 2 aromatic rings. The van der Waals surface area contributed by atoms with Gasteiger partial charge in [-0.3, -0.25) is 9.69 Å². The minimum Gasteiger partial charge on any atom is -0.373 e. The second-order valence-electron chi connectivity index (χ2n) is 8.00. The van der Waals surface area contributed by atoms with Crippen molar-refractivity contribution in [3.05, 3.63) is 71.3 Å². The van der Waals surface area contributed by atoms with Crippen LogP contribution in [0.4, 0.5) is 0 Å². The van der Waals surface area contributed by atoms with Crippen LogP contribution in [0.2, 0.25) is 0 Å². The lowest BCUT2D eigenvalue weighted by Gasteiger charge is -2.35. The lowest BCUT2D eigenvalue weighted by molar-refractivity contribution is -0.0704. The summed E-state index contributed by atoms with van der Waals surface area (Å²) in [7, 11) is 0. The molecule has 2 N–H and O–H groups in total. The first-order valence-corrected chi connectivity index (χ1v) is 10.5. The smallest absolute Gasteiger partial charge is 0.254 e. The van der Waals surface area contributed by atoms with E-state index in [9.17, 15) is 4.79 Å². The molecule has 156 valence electrons. The third-order valence-corrected chi connectivity index (χ3v) is 5.24. The first-order chi connectivity index (χ1) is 14.0. The van der Waals surface area contributed by atoms with Crippen LogP contribution in [0.15, 0.2) is 54.6 Å². The van der Waals surface area contributed by atoms with Gasteiger partial charge in [0.15, 0.2) is 0 Å². The highest BCUT2D eigenvalue weighted by Crippen LogP contribution is 2.16. The number of benzene rings is 2. The third kappa shape index (κ3) is 6.39. The van der Waals surface area contributed by atoms with E-state index >= 15 is 0 Å². The summed E-state index contributed by atoms with van der Waals surface area (Å²) in [6, 6.07) is 18.1. The standard InChI is InChI=1S/C24H33N3O2/c1-19-15-26(16-20(2)29-19)17-22-9-11-23(12-10-22)24(28)27(14-6-13-25)18-21-7-4-3-5-8-21/h3-5,7-12,19-20H,6,13-18,25H2,1-2H3. The molecule has 1 heterocycles. The number of morpholine rings is 1. The van der Waals surface area contributed by atoms with Crippen molar-refractivity contribution in [3.63, 3.8) is 0 Å². The first-order valence-electron chi connectivity index (χ1n) is 10.5. The Balaban J connectivity index is 1.65. The summed E-state index contributed by atoms with van der Waals surface area (Å²) < 4.78 is 5.81. The first kappa shape index (κ1) is 21.5. The number of nitrogens with zero attached hydrogens (tertiary/aromatic N) is 2. The molecule has 2 aromatic carbocycles. The summed E-state index contributed by atoms with van der Waals surface area (Å²) in [5.41, 5.74) is 8.76. The van der Waals surface area contributed by atoms with E-state index in [0.717, 1.165) is 37.2 Å². The van der Waals surface area contributed by atoms with Crippen molar-refractivity contribution in [3.8, 4) is 0 Å². The molecule has 3 rings (SSSR count). The fourth-order valence-electron chi connectivity index (χ4n) is 3.95. The van der Waals surface area contributed by atoms with Crippen LogP contribution in [0.1, 0.15) is 41.8 Å². The van der Waals surface area contributed by atoms with Crippen molar-refractivity contribution >= 4 is 5.91 Å². The second-order valence-corrected chi connectivity index (χ2v) is 8.00. The molecule has 1 saturated heterocycles. The van der Waals surface area contributed by atoms with Crippen LogP contribution >= 0.6 is 0 Å². The van der Waals surface area contributed by atoms with E-state index < -0.39 is 0 Å². The molecule has 0 spiro atoms. The molecule has 5 nitrogen and oxygen atoms in total. The maximum atomic E-state index is 13.1. The maximum absolute atomic E-state index is 13.1. The highest BCUT2D eigenvalue weighted by atomic mass is 16.5. The van der Waals surface area contributed by atoms with Gasteiger partial charge >= 0.3 is 0 Å². The Kier molecular flexibility index (Phi) is 7.81. The maximum Gasteiger partial charge on any atom is 0.254 e. The predicted molar refractivity (Wildman–Crippen MR) is 117 cm³/mol. The number of rotatable bonds is 8. The van der Waals surface area contributed by atoms with Crippen LogP contribution in [-0.2, 0) is 17.8 Å². The van der Waals surface area contributed by atoms with Gasteiger partial charge in [0.25, 0.3) is 5.91 Å². The summed E-state index contributed by atoms with van der Waals surface area (Å²) >= 11 is 0. The van der Waals surface area contributed by atoms with Gasteiger partial charge in [-0.2, -0.15) is 0 Å². The molecular weight excluding hydrogens is 362 g/mol. The zero-order valence-corrected chi connectivity index (χ0v) is 17.6. The summed E-state index contributed by atoms with van der Waals surface area (Å²) in [5, 5.41) is 0. The SMILES string of the molecule is CC1CN(Cc2ccc(C(=O)N(CCCN)Cc3ccccc3)cc2)CC(C)O1. The van der Waals surface area contributed by atoms with Crippen LogP contribution in [0.5, 0.6) is 0 Å². The van der Waals surface area contributed by atoms with Gasteiger partial charge in [0, 0.05) is 38.3 Å². The molecule has 2 unspecified atom stereocenters. The summed E-state index contributed by atoms with van der Waals surface area (Å²) in [5.74, 6) is 0.0578. The van der Waals surface area contributed by atoms with E-state index in [2.05, 4.69) is 43.0 Å². The van der Waals surface area contributed by atoms with E-state index in [1.54, 1.807) is 0 Å². The number of nitrogens with two attached hydrogens (primary N) is 1. The van der Waals surface area contributed by atoms with Crippen molar-refractivity contribution in [1.29, 1.82) is 0 Å². The van der Waals surface area contributed by atoms with Gasteiger partial charge in [-0.05, 0) is 50.1 Å². The molecule has 1 aliphatic heterocycles. The van der Waals surface area contributed by atoms with Crippen molar-refractivity contribution in [2.45, 2.75) is 45.6 Å². The number of carbonyl (C=O) groups is 1.